The molecule has 0 saturated carbocycles. The molecule has 0 aliphatic heterocycles. The monoisotopic (exact) mass is 303 g/mol. The fourth-order valence-corrected chi connectivity index (χ4v) is 2.24. The lowest BCUT2D eigenvalue weighted by molar-refractivity contribution is 0.323. The van der Waals surface area contributed by atoms with Crippen molar-refractivity contribution in [3.63, 3.8) is 0 Å². The van der Waals surface area contributed by atoms with Crippen molar-refractivity contribution < 1.29 is 22.6 Å². The van der Waals surface area contributed by atoms with E-state index in [0.29, 0.717) is 30.3 Å². The molecule has 0 spiro atoms. The molecule has 1 rings (SSSR count). The minimum atomic E-state index is -2.95. The third kappa shape index (κ3) is 4.90. The lowest BCUT2D eigenvalue weighted by Gasteiger charge is -2.14. The first-order valence-corrected chi connectivity index (χ1v) is 8.14. The van der Waals surface area contributed by atoms with Crippen LogP contribution in [0.4, 0.5) is 0 Å². The van der Waals surface area contributed by atoms with E-state index in [1.54, 1.807) is 21.3 Å². The van der Waals surface area contributed by atoms with E-state index in [-0.39, 0.29) is 5.75 Å². The quantitative estimate of drug-likeness (QED) is 0.718. The van der Waals surface area contributed by atoms with Gasteiger partial charge in [-0.25, -0.2) is 8.42 Å². The van der Waals surface area contributed by atoms with Crippen molar-refractivity contribution >= 4 is 9.84 Å². The van der Waals surface area contributed by atoms with E-state index in [0.717, 1.165) is 5.56 Å². The van der Waals surface area contributed by atoms with E-state index in [4.69, 9.17) is 14.2 Å². The third-order valence-corrected chi connectivity index (χ3v) is 3.65. The van der Waals surface area contributed by atoms with Gasteiger partial charge in [0.1, 0.15) is 9.84 Å². The standard InChI is InChI=1S/C13H21NO5S/c1-17-11-7-10(8-12(18-2)13(11)19-3)9-14-5-6-20(4,15)16/h7-8,14H,5-6,9H2,1-4H3. The molecular formula is C13H21NO5S. The molecule has 1 aromatic rings. The van der Waals surface area contributed by atoms with Gasteiger partial charge in [-0.1, -0.05) is 0 Å². The third-order valence-electron chi connectivity index (χ3n) is 2.70. The normalized spacial score (nSPS) is 11.2. The van der Waals surface area contributed by atoms with E-state index >= 15 is 0 Å². The number of methoxy groups -OCH3 is 3. The Bertz CT molecular complexity index is 517. The fraction of sp³-hybridized carbons (Fsp3) is 0.538. The molecule has 0 atom stereocenters. The zero-order valence-electron chi connectivity index (χ0n) is 12.2. The van der Waals surface area contributed by atoms with E-state index in [1.165, 1.54) is 6.26 Å². The van der Waals surface area contributed by atoms with Gasteiger partial charge >= 0.3 is 0 Å². The van der Waals surface area contributed by atoms with Crippen LogP contribution >= 0.6 is 0 Å². The number of benzene rings is 1. The predicted molar refractivity (Wildman–Crippen MR) is 77.5 cm³/mol. The summed E-state index contributed by atoms with van der Waals surface area (Å²) in [5.41, 5.74) is 0.924. The van der Waals surface area contributed by atoms with Gasteiger partial charge in [-0.05, 0) is 17.7 Å². The summed E-state index contributed by atoms with van der Waals surface area (Å²) < 4.78 is 37.8. The highest BCUT2D eigenvalue weighted by Gasteiger charge is 2.13. The van der Waals surface area contributed by atoms with Gasteiger partial charge in [0.2, 0.25) is 5.75 Å². The first kappa shape index (κ1) is 16.6. The molecule has 1 N–H and O–H groups in total. The molecule has 0 bridgehead atoms. The minimum Gasteiger partial charge on any atom is -0.493 e. The van der Waals surface area contributed by atoms with Crippen LogP contribution in [-0.4, -0.2) is 48.3 Å². The van der Waals surface area contributed by atoms with Gasteiger partial charge in [-0.15, -0.1) is 0 Å². The maximum absolute atomic E-state index is 11.0. The van der Waals surface area contributed by atoms with Gasteiger partial charge in [0.05, 0.1) is 27.1 Å². The van der Waals surface area contributed by atoms with Crippen LogP contribution in [0.15, 0.2) is 12.1 Å². The molecule has 0 amide bonds. The van der Waals surface area contributed by atoms with E-state index in [9.17, 15) is 8.42 Å². The number of ether oxygens (including phenoxy) is 3. The number of nitrogens with one attached hydrogen (secondary N) is 1. The van der Waals surface area contributed by atoms with E-state index in [1.807, 2.05) is 12.1 Å². The van der Waals surface area contributed by atoms with Crippen LogP contribution < -0.4 is 19.5 Å². The molecule has 0 aliphatic carbocycles. The van der Waals surface area contributed by atoms with Gasteiger partial charge in [0, 0.05) is 19.3 Å². The molecule has 0 fully saturated rings. The molecule has 0 saturated heterocycles. The second-order valence-electron chi connectivity index (χ2n) is 4.34. The smallest absolute Gasteiger partial charge is 0.203 e. The highest BCUT2D eigenvalue weighted by molar-refractivity contribution is 7.90. The SMILES string of the molecule is COc1cc(CNCCS(C)(=O)=O)cc(OC)c1OC. The van der Waals surface area contributed by atoms with Crippen molar-refractivity contribution in [2.75, 3.05) is 39.9 Å². The topological polar surface area (TPSA) is 73.9 Å². The summed E-state index contributed by atoms with van der Waals surface area (Å²) in [7, 11) is 1.71. The Morgan fingerprint density at radius 2 is 1.60 bits per heavy atom. The summed E-state index contributed by atoms with van der Waals surface area (Å²) in [5.74, 6) is 1.80. The Balaban J connectivity index is 2.76. The fourth-order valence-electron chi connectivity index (χ4n) is 1.73. The van der Waals surface area contributed by atoms with Crippen LogP contribution in [0.5, 0.6) is 17.2 Å². The van der Waals surface area contributed by atoms with Gasteiger partial charge in [-0.3, -0.25) is 0 Å². The lowest BCUT2D eigenvalue weighted by Crippen LogP contribution is -2.22. The Morgan fingerprint density at radius 3 is 2.00 bits per heavy atom. The van der Waals surface area contributed by atoms with Crippen molar-refractivity contribution in [1.29, 1.82) is 0 Å². The average Bonchev–Trinajstić information content (AvgIpc) is 2.41. The zero-order chi connectivity index (χ0) is 15.2. The van der Waals surface area contributed by atoms with Crippen molar-refractivity contribution in [1.82, 2.24) is 5.32 Å². The van der Waals surface area contributed by atoms with Gasteiger partial charge in [-0.2, -0.15) is 0 Å². The summed E-state index contributed by atoms with van der Waals surface area (Å²) in [6, 6.07) is 3.66. The van der Waals surface area contributed by atoms with Gasteiger partial charge in [0.25, 0.3) is 0 Å². The van der Waals surface area contributed by atoms with Crippen LogP contribution in [-0.2, 0) is 16.4 Å². The second-order valence-corrected chi connectivity index (χ2v) is 6.60. The summed E-state index contributed by atoms with van der Waals surface area (Å²) in [6.07, 6.45) is 1.22. The molecular weight excluding hydrogens is 282 g/mol. The van der Waals surface area contributed by atoms with Crippen molar-refractivity contribution in [2.24, 2.45) is 0 Å². The van der Waals surface area contributed by atoms with Crippen molar-refractivity contribution in [3.8, 4) is 17.2 Å². The van der Waals surface area contributed by atoms with E-state index in [2.05, 4.69) is 5.32 Å². The Labute approximate surface area is 120 Å². The average molecular weight is 303 g/mol. The largest absolute Gasteiger partial charge is 0.493 e. The summed E-state index contributed by atoms with van der Waals surface area (Å²) in [6.45, 7) is 0.918. The summed E-state index contributed by atoms with van der Waals surface area (Å²) in [5, 5.41) is 3.07. The molecule has 20 heavy (non-hydrogen) atoms. The first-order chi connectivity index (χ1) is 9.41. The zero-order valence-corrected chi connectivity index (χ0v) is 13.0. The van der Waals surface area contributed by atoms with Gasteiger partial charge < -0.3 is 19.5 Å². The van der Waals surface area contributed by atoms with Gasteiger partial charge in [0.15, 0.2) is 11.5 Å². The molecule has 0 unspecified atom stereocenters. The molecule has 0 aliphatic rings. The van der Waals surface area contributed by atoms with E-state index < -0.39 is 9.84 Å². The Morgan fingerprint density at radius 1 is 1.05 bits per heavy atom. The molecule has 7 heteroatoms. The van der Waals surface area contributed by atoms with Crippen LogP contribution in [0.3, 0.4) is 0 Å². The molecule has 0 aromatic heterocycles. The Kier molecular flexibility index (Phi) is 6.09. The summed E-state index contributed by atoms with van der Waals surface area (Å²) >= 11 is 0. The molecule has 114 valence electrons. The predicted octanol–water partition coefficient (Wildman–Crippen LogP) is 0.847. The maximum Gasteiger partial charge on any atom is 0.203 e. The molecule has 0 radical (unpaired) electrons. The van der Waals surface area contributed by atoms with Crippen LogP contribution in [0.25, 0.3) is 0 Å². The van der Waals surface area contributed by atoms with Crippen molar-refractivity contribution in [3.05, 3.63) is 17.7 Å². The highest BCUT2D eigenvalue weighted by Crippen LogP contribution is 2.38. The molecule has 6 nitrogen and oxygen atoms in total. The Hall–Kier alpha value is -1.47. The second kappa shape index (κ2) is 7.35. The number of sulfone groups is 1. The molecule has 0 heterocycles. The maximum atomic E-state index is 11.0. The number of hydrogen-bond donors (Lipinski definition) is 1. The van der Waals surface area contributed by atoms with Crippen LogP contribution in [0, 0.1) is 0 Å². The highest BCUT2D eigenvalue weighted by atomic mass is 32.2. The first-order valence-electron chi connectivity index (χ1n) is 6.08. The number of hydrogen-bond acceptors (Lipinski definition) is 6. The van der Waals surface area contributed by atoms with Crippen LogP contribution in [0.2, 0.25) is 0 Å². The molecule has 1 aromatic carbocycles. The van der Waals surface area contributed by atoms with Crippen LogP contribution in [0.1, 0.15) is 5.56 Å². The van der Waals surface area contributed by atoms with Crippen molar-refractivity contribution in [2.45, 2.75) is 6.54 Å². The summed E-state index contributed by atoms with van der Waals surface area (Å²) in [4.78, 5) is 0. The number of rotatable bonds is 8. The minimum absolute atomic E-state index is 0.109. The lowest BCUT2D eigenvalue weighted by atomic mass is 10.2.